The Morgan fingerprint density at radius 3 is 2.03 bits per heavy atom. The number of benzene rings is 2. The van der Waals surface area contributed by atoms with Crippen LogP contribution >= 0.6 is 0 Å². The summed E-state index contributed by atoms with van der Waals surface area (Å²) >= 11 is 0. The number of nitrogens with one attached hydrogen (secondary N) is 1. The molecule has 1 amide bonds. The van der Waals surface area contributed by atoms with Gasteiger partial charge in [-0.1, -0.05) is 44.2 Å². The number of hydrogen-bond acceptors (Lipinski definition) is 4. The van der Waals surface area contributed by atoms with E-state index in [-0.39, 0.29) is 11.8 Å². The number of carbonyl (C=O) groups excluding carboxylic acids is 2. The van der Waals surface area contributed by atoms with Gasteiger partial charge in [-0.2, -0.15) is 0 Å². The second-order valence-electron chi connectivity index (χ2n) is 7.02. The van der Waals surface area contributed by atoms with E-state index in [0.29, 0.717) is 18.8 Å². The van der Waals surface area contributed by atoms with E-state index in [1.165, 1.54) is 7.11 Å². The smallest absolute Gasteiger partial charge is 0.328 e. The summed E-state index contributed by atoms with van der Waals surface area (Å²) in [6.07, 6.45) is 0.751. The predicted octanol–water partition coefficient (Wildman–Crippen LogP) is 3.94. The van der Waals surface area contributed by atoms with Crippen LogP contribution in [0.25, 0.3) is 0 Å². The van der Waals surface area contributed by atoms with Crippen molar-refractivity contribution in [2.45, 2.75) is 39.8 Å². The lowest BCUT2D eigenvalue weighted by Gasteiger charge is -2.21. The quantitative estimate of drug-likeness (QED) is 0.532. The Morgan fingerprint density at radius 1 is 0.967 bits per heavy atom. The van der Waals surface area contributed by atoms with Crippen LogP contribution in [0.2, 0.25) is 0 Å². The Hall–Kier alpha value is -3.10. The Morgan fingerprint density at radius 2 is 1.53 bits per heavy atom. The van der Waals surface area contributed by atoms with Gasteiger partial charge >= 0.3 is 5.97 Å². The normalized spacial score (nSPS) is 12.3. The average molecular weight is 408 g/mol. The van der Waals surface area contributed by atoms with Crippen LogP contribution in [0.4, 0.5) is 0 Å². The van der Waals surface area contributed by atoms with Crippen molar-refractivity contribution in [2.24, 2.45) is 5.92 Å². The van der Waals surface area contributed by atoms with E-state index >= 15 is 0 Å². The zero-order chi connectivity index (χ0) is 21.9. The first-order valence-corrected chi connectivity index (χ1v) is 10.2. The molecule has 0 radical (unpaired) electrons. The van der Waals surface area contributed by atoms with Crippen molar-refractivity contribution in [3.8, 4) is 11.8 Å². The number of hydrogen-bond donors (Lipinski definition) is 1. The highest BCUT2D eigenvalue weighted by molar-refractivity contribution is 5.96. The van der Waals surface area contributed by atoms with Crippen LogP contribution in [0.15, 0.2) is 48.5 Å². The molecule has 2 aromatic rings. The monoisotopic (exact) mass is 407 g/mol. The van der Waals surface area contributed by atoms with Gasteiger partial charge in [0.1, 0.15) is 6.04 Å². The van der Waals surface area contributed by atoms with E-state index < -0.39 is 12.0 Å². The van der Waals surface area contributed by atoms with Gasteiger partial charge in [0.2, 0.25) is 0 Å². The van der Waals surface area contributed by atoms with Gasteiger partial charge in [-0.15, -0.1) is 0 Å². The Bertz CT molecular complexity index is 891. The molecule has 0 heterocycles. The molecule has 0 saturated heterocycles. The van der Waals surface area contributed by atoms with Crippen molar-refractivity contribution in [1.29, 1.82) is 0 Å². The van der Waals surface area contributed by atoms with Crippen LogP contribution in [0.3, 0.4) is 0 Å². The second-order valence-corrected chi connectivity index (χ2v) is 7.02. The van der Waals surface area contributed by atoms with Crippen molar-refractivity contribution < 1.29 is 19.1 Å². The summed E-state index contributed by atoms with van der Waals surface area (Å²) in [4.78, 5) is 24.5. The van der Waals surface area contributed by atoms with Gasteiger partial charge in [-0.05, 0) is 54.8 Å². The molecule has 158 valence electrons. The number of amides is 1. The first-order valence-electron chi connectivity index (χ1n) is 10.2. The standard InChI is InChI=1S/C25H29NO4/c1-5-18(3)23(25(28)29-4)26-24(27)22-15-13-20(14-16-22)8-7-19-9-11-21(12-10-19)17-30-6-2/h9-16,18,23H,5-6,17H2,1-4H3,(H,26,27)/t18-,23-/m0/s1. The minimum Gasteiger partial charge on any atom is -0.467 e. The summed E-state index contributed by atoms with van der Waals surface area (Å²) in [5.74, 6) is 5.45. The Labute approximate surface area is 178 Å². The highest BCUT2D eigenvalue weighted by atomic mass is 16.5. The average Bonchev–Trinajstić information content (AvgIpc) is 2.79. The molecule has 0 aliphatic rings. The molecule has 0 aliphatic heterocycles. The summed E-state index contributed by atoms with van der Waals surface area (Å²) < 4.78 is 10.2. The van der Waals surface area contributed by atoms with Crippen LogP contribution in [0, 0.1) is 17.8 Å². The lowest BCUT2D eigenvalue weighted by Crippen LogP contribution is -2.45. The van der Waals surface area contributed by atoms with Crippen LogP contribution in [-0.4, -0.2) is 31.6 Å². The van der Waals surface area contributed by atoms with Crippen molar-refractivity contribution in [1.82, 2.24) is 5.32 Å². The first-order chi connectivity index (χ1) is 14.5. The third-order valence-corrected chi connectivity index (χ3v) is 4.88. The number of esters is 1. The summed E-state index contributed by atoms with van der Waals surface area (Å²) in [7, 11) is 1.32. The molecule has 0 aliphatic carbocycles. The molecule has 0 aromatic heterocycles. The molecule has 0 fully saturated rings. The topological polar surface area (TPSA) is 64.6 Å². The lowest BCUT2D eigenvalue weighted by molar-refractivity contribution is -0.144. The first kappa shape index (κ1) is 23.2. The van der Waals surface area contributed by atoms with Crippen molar-refractivity contribution in [2.75, 3.05) is 13.7 Å². The number of methoxy groups -OCH3 is 1. The highest BCUT2D eigenvalue weighted by Gasteiger charge is 2.26. The van der Waals surface area contributed by atoms with E-state index in [9.17, 15) is 9.59 Å². The van der Waals surface area contributed by atoms with Gasteiger partial charge in [0, 0.05) is 23.3 Å². The fraction of sp³-hybridized carbons (Fsp3) is 0.360. The molecule has 5 heteroatoms. The van der Waals surface area contributed by atoms with Crippen molar-refractivity contribution in [3.05, 3.63) is 70.8 Å². The molecule has 2 atom stereocenters. The zero-order valence-corrected chi connectivity index (χ0v) is 18.0. The van der Waals surface area contributed by atoms with E-state index in [1.54, 1.807) is 24.3 Å². The van der Waals surface area contributed by atoms with E-state index in [1.807, 2.05) is 45.0 Å². The summed E-state index contributed by atoms with van der Waals surface area (Å²) in [5.41, 5.74) is 3.29. The fourth-order valence-corrected chi connectivity index (χ4v) is 2.77. The van der Waals surface area contributed by atoms with Gasteiger partial charge in [0.15, 0.2) is 0 Å². The Kier molecular flexibility index (Phi) is 9.11. The molecule has 0 saturated carbocycles. The van der Waals surface area contributed by atoms with Gasteiger partial charge in [0.25, 0.3) is 5.91 Å². The maximum atomic E-state index is 12.5. The summed E-state index contributed by atoms with van der Waals surface area (Å²) in [5, 5.41) is 2.77. The molecule has 5 nitrogen and oxygen atoms in total. The Balaban J connectivity index is 2.03. The molecule has 0 unspecified atom stereocenters. The van der Waals surface area contributed by atoms with Gasteiger partial charge < -0.3 is 14.8 Å². The molecular formula is C25H29NO4. The number of rotatable bonds is 8. The molecule has 1 N–H and O–H groups in total. The lowest BCUT2D eigenvalue weighted by atomic mass is 9.98. The largest absolute Gasteiger partial charge is 0.467 e. The summed E-state index contributed by atoms with van der Waals surface area (Å²) in [6, 6.07) is 14.3. The predicted molar refractivity (Wildman–Crippen MR) is 117 cm³/mol. The van der Waals surface area contributed by atoms with Gasteiger partial charge in [0.05, 0.1) is 13.7 Å². The van der Waals surface area contributed by atoms with Gasteiger partial charge in [-0.25, -0.2) is 4.79 Å². The van der Waals surface area contributed by atoms with E-state index in [4.69, 9.17) is 9.47 Å². The van der Waals surface area contributed by atoms with Crippen LogP contribution in [0.5, 0.6) is 0 Å². The fourth-order valence-electron chi connectivity index (χ4n) is 2.77. The molecule has 30 heavy (non-hydrogen) atoms. The molecular weight excluding hydrogens is 378 g/mol. The maximum Gasteiger partial charge on any atom is 0.328 e. The van der Waals surface area contributed by atoms with E-state index in [2.05, 4.69) is 17.2 Å². The van der Waals surface area contributed by atoms with Gasteiger partial charge in [-0.3, -0.25) is 4.79 Å². The van der Waals surface area contributed by atoms with Crippen molar-refractivity contribution in [3.63, 3.8) is 0 Å². The maximum absolute atomic E-state index is 12.5. The highest BCUT2D eigenvalue weighted by Crippen LogP contribution is 2.11. The van der Waals surface area contributed by atoms with Crippen LogP contribution < -0.4 is 5.32 Å². The van der Waals surface area contributed by atoms with E-state index in [0.717, 1.165) is 23.1 Å². The van der Waals surface area contributed by atoms with Crippen LogP contribution in [0.1, 0.15) is 54.2 Å². The zero-order valence-electron chi connectivity index (χ0n) is 18.0. The molecule has 2 aromatic carbocycles. The summed E-state index contributed by atoms with van der Waals surface area (Å²) in [6.45, 7) is 7.13. The van der Waals surface area contributed by atoms with Crippen molar-refractivity contribution >= 4 is 11.9 Å². The molecule has 0 spiro atoms. The third-order valence-electron chi connectivity index (χ3n) is 4.88. The second kappa shape index (κ2) is 11.8. The molecule has 0 bridgehead atoms. The number of carbonyl (C=O) groups is 2. The molecule has 2 rings (SSSR count). The third kappa shape index (κ3) is 6.75. The SMILES string of the molecule is CCOCc1ccc(C#Cc2ccc(C(=O)N[C@H](C(=O)OC)[C@@H](C)CC)cc2)cc1. The minimum absolute atomic E-state index is 0.0218. The van der Waals surface area contributed by atoms with Crippen LogP contribution in [-0.2, 0) is 20.9 Å². The number of ether oxygens (including phenoxy) is 2. The minimum atomic E-state index is -0.669.